The number of hydrogen-bond donors (Lipinski definition) is 0. The van der Waals surface area contributed by atoms with Gasteiger partial charge >= 0.3 is 12.3 Å². The lowest BCUT2D eigenvalue weighted by Gasteiger charge is -2.36. The number of ether oxygens (including phenoxy) is 1. The van der Waals surface area contributed by atoms with Crippen molar-refractivity contribution in [3.63, 3.8) is 0 Å². The number of carbonyl (C=O) groups excluding carboxylic acids is 1. The van der Waals surface area contributed by atoms with Crippen molar-refractivity contribution < 1.29 is 22.7 Å². The van der Waals surface area contributed by atoms with Crippen molar-refractivity contribution in [3.8, 4) is 0 Å². The molecule has 0 aliphatic carbocycles. The summed E-state index contributed by atoms with van der Waals surface area (Å²) in [6.45, 7) is 6.94. The van der Waals surface area contributed by atoms with Gasteiger partial charge in [-0.05, 0) is 51.8 Å². The molecule has 1 aliphatic heterocycles. The average Bonchev–Trinajstić information content (AvgIpc) is 3.42. The Bertz CT molecular complexity index is 1340. The number of carbonyl (C=O) groups is 1. The van der Waals surface area contributed by atoms with E-state index in [1.165, 1.54) is 15.9 Å². The SMILES string of the molecule is CC1=C(c2ncnn2CCCC(F)(F)F)[C@@H](c2ccc(Cl)c(Cl)c2)n2nccc2N1C(=O)OC(C)(C)C. The van der Waals surface area contributed by atoms with Crippen LogP contribution in [-0.4, -0.2) is 42.4 Å². The highest BCUT2D eigenvalue weighted by molar-refractivity contribution is 6.42. The molecule has 0 saturated heterocycles. The van der Waals surface area contributed by atoms with Gasteiger partial charge in [0.2, 0.25) is 0 Å². The molecule has 1 aliphatic rings. The molecule has 1 atom stereocenters. The number of nitrogens with zero attached hydrogens (tertiary/aromatic N) is 6. The van der Waals surface area contributed by atoms with Crippen LogP contribution in [0.2, 0.25) is 10.0 Å². The Balaban J connectivity index is 1.88. The first-order valence-corrected chi connectivity index (χ1v) is 12.2. The van der Waals surface area contributed by atoms with E-state index in [1.807, 2.05) is 0 Å². The summed E-state index contributed by atoms with van der Waals surface area (Å²) in [5, 5.41) is 9.30. The van der Waals surface area contributed by atoms with Gasteiger partial charge in [-0.15, -0.1) is 0 Å². The minimum Gasteiger partial charge on any atom is -0.443 e. The van der Waals surface area contributed by atoms with Gasteiger partial charge in [0.15, 0.2) is 5.82 Å². The van der Waals surface area contributed by atoms with Crippen molar-refractivity contribution in [2.24, 2.45) is 0 Å². The molecule has 3 heterocycles. The third kappa shape index (κ3) is 5.77. The summed E-state index contributed by atoms with van der Waals surface area (Å²) in [6.07, 6.45) is -3.27. The van der Waals surface area contributed by atoms with Gasteiger partial charge < -0.3 is 4.74 Å². The highest BCUT2D eigenvalue weighted by atomic mass is 35.5. The lowest BCUT2D eigenvalue weighted by atomic mass is 9.94. The van der Waals surface area contributed by atoms with Gasteiger partial charge in [0.25, 0.3) is 0 Å². The molecule has 0 bridgehead atoms. The monoisotopic (exact) mass is 556 g/mol. The number of hydrogen-bond acceptors (Lipinski definition) is 5. The van der Waals surface area contributed by atoms with E-state index in [0.29, 0.717) is 38.5 Å². The molecule has 4 rings (SSSR count). The number of aryl methyl sites for hydroxylation is 1. The van der Waals surface area contributed by atoms with Crippen molar-refractivity contribution in [2.75, 3.05) is 4.90 Å². The van der Waals surface area contributed by atoms with Crippen LogP contribution in [0.5, 0.6) is 0 Å². The molecular formula is C24H25Cl2F3N6O2. The second-order valence-corrected chi connectivity index (χ2v) is 10.4. The van der Waals surface area contributed by atoms with Crippen LogP contribution >= 0.6 is 23.2 Å². The second kappa shape index (κ2) is 10.0. The number of anilines is 1. The molecule has 1 aromatic carbocycles. The first kappa shape index (κ1) is 27.0. The zero-order valence-corrected chi connectivity index (χ0v) is 22.1. The standard InChI is InChI=1S/C24H25Cl2F3N6O2/c1-14-19(21-30-13-32-33(21)11-5-9-24(27,28)29)20(15-6-7-16(25)17(26)12-15)35-18(8-10-31-35)34(14)22(36)37-23(2,3)4/h6-8,10,12-13,20H,5,9,11H2,1-4H3/t20-/m1/s1. The maximum Gasteiger partial charge on any atom is 0.420 e. The molecule has 13 heteroatoms. The number of rotatable bonds is 5. The van der Waals surface area contributed by atoms with Gasteiger partial charge in [-0.3, -0.25) is 0 Å². The summed E-state index contributed by atoms with van der Waals surface area (Å²) < 4.78 is 47.1. The summed E-state index contributed by atoms with van der Waals surface area (Å²) >= 11 is 12.5. The number of allylic oxidation sites excluding steroid dienone is 2. The van der Waals surface area contributed by atoms with Crippen molar-refractivity contribution in [3.05, 3.63) is 63.9 Å². The largest absolute Gasteiger partial charge is 0.443 e. The van der Waals surface area contributed by atoms with Crippen LogP contribution in [0.3, 0.4) is 0 Å². The van der Waals surface area contributed by atoms with Crippen molar-refractivity contribution in [1.29, 1.82) is 0 Å². The number of amides is 1. The first-order chi connectivity index (χ1) is 17.3. The fourth-order valence-electron chi connectivity index (χ4n) is 4.17. The molecule has 2 aromatic heterocycles. The van der Waals surface area contributed by atoms with Crippen LogP contribution in [0.15, 0.2) is 42.5 Å². The third-order valence-electron chi connectivity index (χ3n) is 5.64. The molecule has 0 unspecified atom stereocenters. The summed E-state index contributed by atoms with van der Waals surface area (Å²) in [6, 6.07) is 6.13. The zero-order valence-electron chi connectivity index (χ0n) is 20.6. The van der Waals surface area contributed by atoms with E-state index >= 15 is 0 Å². The highest BCUT2D eigenvalue weighted by Gasteiger charge is 2.40. The van der Waals surface area contributed by atoms with E-state index in [-0.39, 0.29) is 13.0 Å². The van der Waals surface area contributed by atoms with Crippen LogP contribution in [0.1, 0.15) is 58.0 Å². The van der Waals surface area contributed by atoms with Crippen molar-refractivity contribution in [1.82, 2.24) is 24.5 Å². The fraction of sp³-hybridized carbons (Fsp3) is 0.417. The Morgan fingerprint density at radius 3 is 2.49 bits per heavy atom. The van der Waals surface area contributed by atoms with Gasteiger partial charge in [-0.2, -0.15) is 23.4 Å². The Hall–Kier alpha value is -3.05. The van der Waals surface area contributed by atoms with E-state index in [1.54, 1.807) is 62.8 Å². The predicted molar refractivity (Wildman–Crippen MR) is 133 cm³/mol. The topological polar surface area (TPSA) is 78.1 Å². The highest BCUT2D eigenvalue weighted by Crippen LogP contribution is 2.44. The number of benzene rings is 1. The van der Waals surface area contributed by atoms with Gasteiger partial charge in [0, 0.05) is 30.3 Å². The first-order valence-electron chi connectivity index (χ1n) is 11.4. The van der Waals surface area contributed by atoms with Crippen LogP contribution < -0.4 is 4.90 Å². The van der Waals surface area contributed by atoms with E-state index < -0.39 is 30.3 Å². The number of fused-ring (bicyclic) bond motifs is 1. The van der Waals surface area contributed by atoms with Crippen molar-refractivity contribution >= 4 is 40.7 Å². The molecule has 0 radical (unpaired) electrons. The molecule has 8 nitrogen and oxygen atoms in total. The number of alkyl halides is 3. The van der Waals surface area contributed by atoms with Crippen molar-refractivity contribution in [2.45, 2.75) is 64.9 Å². The Morgan fingerprint density at radius 1 is 1.11 bits per heavy atom. The van der Waals surface area contributed by atoms with Gasteiger partial charge in [-0.25, -0.2) is 24.0 Å². The molecule has 0 saturated carbocycles. The van der Waals surface area contributed by atoms with Crippen LogP contribution in [0, 0.1) is 0 Å². The van der Waals surface area contributed by atoms with Gasteiger partial charge in [0.05, 0.1) is 16.2 Å². The van der Waals surface area contributed by atoms with E-state index in [4.69, 9.17) is 27.9 Å². The summed E-state index contributed by atoms with van der Waals surface area (Å²) in [4.78, 5) is 19.1. The third-order valence-corrected chi connectivity index (χ3v) is 6.38. The fourth-order valence-corrected chi connectivity index (χ4v) is 4.48. The van der Waals surface area contributed by atoms with E-state index in [0.717, 1.165) is 0 Å². The summed E-state index contributed by atoms with van der Waals surface area (Å²) in [5.74, 6) is 0.736. The molecule has 1 amide bonds. The average molecular weight is 557 g/mol. The van der Waals surface area contributed by atoms with E-state index in [2.05, 4.69) is 15.2 Å². The number of aromatic nitrogens is 5. The molecule has 0 fully saturated rings. The summed E-state index contributed by atoms with van der Waals surface area (Å²) in [7, 11) is 0. The lowest BCUT2D eigenvalue weighted by Crippen LogP contribution is -2.41. The lowest BCUT2D eigenvalue weighted by molar-refractivity contribution is -0.136. The Morgan fingerprint density at radius 2 is 1.84 bits per heavy atom. The Kier molecular flexibility index (Phi) is 7.31. The summed E-state index contributed by atoms with van der Waals surface area (Å²) in [5.41, 5.74) is 0.872. The maximum atomic E-state index is 13.3. The van der Waals surface area contributed by atoms with Gasteiger partial charge in [-0.1, -0.05) is 29.3 Å². The normalized spacial score (nSPS) is 16.2. The molecule has 37 heavy (non-hydrogen) atoms. The van der Waals surface area contributed by atoms with Gasteiger partial charge in [0.1, 0.15) is 23.8 Å². The molecular weight excluding hydrogens is 532 g/mol. The Labute approximate surface area is 221 Å². The zero-order chi connectivity index (χ0) is 27.1. The predicted octanol–water partition coefficient (Wildman–Crippen LogP) is 6.90. The minimum atomic E-state index is -4.29. The molecule has 0 N–H and O–H groups in total. The number of halogens is 5. The van der Waals surface area contributed by atoms with E-state index in [9.17, 15) is 18.0 Å². The maximum absolute atomic E-state index is 13.3. The van der Waals surface area contributed by atoms with Crippen LogP contribution in [0.4, 0.5) is 23.8 Å². The minimum absolute atomic E-state index is 0.0296. The van der Waals surface area contributed by atoms with Crippen LogP contribution in [0.25, 0.3) is 5.57 Å². The molecule has 198 valence electrons. The second-order valence-electron chi connectivity index (χ2n) is 9.55. The molecule has 0 spiro atoms. The quantitative estimate of drug-likeness (QED) is 0.341. The van der Waals surface area contributed by atoms with Crippen LogP contribution in [-0.2, 0) is 11.3 Å². The smallest absolute Gasteiger partial charge is 0.420 e. The molecule has 3 aromatic rings.